The van der Waals surface area contributed by atoms with E-state index in [1.54, 1.807) is 47.3 Å². The standard InChI is InChI=1S/C20H18N4O2/c25-19(14-2-3-14)22-16-6-8-17(9-7-16)23-20(26)15-4-10-18(11-5-15)24-13-1-12-21-24/h1,4-14H,2-3H2,(H,22,25)(H,23,26). The Kier molecular flexibility index (Phi) is 4.23. The second-order valence-corrected chi connectivity index (χ2v) is 6.29. The fourth-order valence-corrected chi connectivity index (χ4v) is 2.62. The summed E-state index contributed by atoms with van der Waals surface area (Å²) in [6.07, 6.45) is 5.49. The smallest absolute Gasteiger partial charge is 0.255 e. The van der Waals surface area contributed by atoms with E-state index in [2.05, 4.69) is 15.7 Å². The quantitative estimate of drug-likeness (QED) is 0.743. The molecule has 2 N–H and O–H groups in total. The van der Waals surface area contributed by atoms with Gasteiger partial charge in [0.25, 0.3) is 5.91 Å². The molecule has 0 bridgehead atoms. The molecule has 0 atom stereocenters. The van der Waals surface area contributed by atoms with Gasteiger partial charge in [-0.1, -0.05) is 0 Å². The first kappa shape index (κ1) is 16.1. The van der Waals surface area contributed by atoms with Crippen LogP contribution in [-0.2, 0) is 4.79 Å². The number of carbonyl (C=O) groups excluding carboxylic acids is 2. The van der Waals surface area contributed by atoms with Crippen molar-refractivity contribution in [3.8, 4) is 5.69 Å². The van der Waals surface area contributed by atoms with Crippen LogP contribution in [0.2, 0.25) is 0 Å². The van der Waals surface area contributed by atoms with Gasteiger partial charge in [-0.05, 0) is 67.4 Å². The van der Waals surface area contributed by atoms with Crippen LogP contribution >= 0.6 is 0 Å². The summed E-state index contributed by atoms with van der Waals surface area (Å²) >= 11 is 0. The third kappa shape index (κ3) is 3.64. The highest BCUT2D eigenvalue weighted by Crippen LogP contribution is 2.30. The second kappa shape index (κ2) is 6.84. The maximum Gasteiger partial charge on any atom is 0.255 e. The summed E-state index contributed by atoms with van der Waals surface area (Å²) < 4.78 is 1.73. The Bertz CT molecular complexity index is 911. The minimum absolute atomic E-state index is 0.0686. The minimum atomic E-state index is -0.188. The molecule has 0 unspecified atom stereocenters. The van der Waals surface area contributed by atoms with Gasteiger partial charge in [0, 0.05) is 35.2 Å². The summed E-state index contributed by atoms with van der Waals surface area (Å²) in [5.41, 5.74) is 2.87. The van der Waals surface area contributed by atoms with E-state index in [1.807, 2.05) is 24.4 Å². The molecule has 1 aliphatic carbocycles. The summed E-state index contributed by atoms with van der Waals surface area (Å²) in [4.78, 5) is 24.1. The van der Waals surface area contributed by atoms with Crippen LogP contribution < -0.4 is 10.6 Å². The zero-order valence-electron chi connectivity index (χ0n) is 14.1. The molecule has 0 spiro atoms. The van der Waals surface area contributed by atoms with E-state index in [-0.39, 0.29) is 17.7 Å². The molecule has 2 amide bonds. The number of benzene rings is 2. The Morgan fingerprint density at radius 2 is 1.58 bits per heavy atom. The van der Waals surface area contributed by atoms with Crippen molar-refractivity contribution in [1.29, 1.82) is 0 Å². The van der Waals surface area contributed by atoms with Gasteiger partial charge >= 0.3 is 0 Å². The van der Waals surface area contributed by atoms with Crippen molar-refractivity contribution >= 4 is 23.2 Å². The number of carbonyl (C=O) groups is 2. The Morgan fingerprint density at radius 1 is 0.923 bits per heavy atom. The van der Waals surface area contributed by atoms with E-state index in [0.29, 0.717) is 11.3 Å². The fourth-order valence-electron chi connectivity index (χ4n) is 2.62. The summed E-state index contributed by atoms with van der Waals surface area (Å²) in [6.45, 7) is 0. The molecule has 0 radical (unpaired) electrons. The van der Waals surface area contributed by atoms with Crippen LogP contribution in [0.15, 0.2) is 67.0 Å². The third-order valence-corrected chi connectivity index (χ3v) is 4.26. The van der Waals surface area contributed by atoms with E-state index in [1.165, 1.54) is 0 Å². The SMILES string of the molecule is O=C(Nc1ccc(NC(=O)C2CC2)cc1)c1ccc(-n2cccn2)cc1. The van der Waals surface area contributed by atoms with E-state index in [9.17, 15) is 9.59 Å². The summed E-state index contributed by atoms with van der Waals surface area (Å²) in [6, 6.07) is 16.2. The number of anilines is 2. The summed E-state index contributed by atoms with van der Waals surface area (Å²) in [5.74, 6) is 0.0462. The molecule has 1 aromatic heterocycles. The van der Waals surface area contributed by atoms with Crippen molar-refractivity contribution < 1.29 is 9.59 Å². The van der Waals surface area contributed by atoms with Gasteiger partial charge in [-0.3, -0.25) is 9.59 Å². The zero-order chi connectivity index (χ0) is 17.9. The average Bonchev–Trinajstić information content (AvgIpc) is 3.38. The Hall–Kier alpha value is -3.41. The van der Waals surface area contributed by atoms with Gasteiger partial charge in [-0.2, -0.15) is 5.10 Å². The third-order valence-electron chi connectivity index (χ3n) is 4.26. The molecule has 0 saturated heterocycles. The molecule has 6 nitrogen and oxygen atoms in total. The van der Waals surface area contributed by atoms with Crippen LogP contribution in [0.3, 0.4) is 0 Å². The molecule has 26 heavy (non-hydrogen) atoms. The lowest BCUT2D eigenvalue weighted by molar-refractivity contribution is -0.117. The predicted molar refractivity (Wildman–Crippen MR) is 99.3 cm³/mol. The molecule has 4 rings (SSSR count). The van der Waals surface area contributed by atoms with E-state index < -0.39 is 0 Å². The topological polar surface area (TPSA) is 76.0 Å². The molecular formula is C20H18N4O2. The van der Waals surface area contributed by atoms with Crippen molar-refractivity contribution in [3.05, 3.63) is 72.6 Å². The number of aromatic nitrogens is 2. The van der Waals surface area contributed by atoms with Crippen LogP contribution in [0.4, 0.5) is 11.4 Å². The van der Waals surface area contributed by atoms with Crippen LogP contribution in [0, 0.1) is 5.92 Å². The number of hydrogen-bond donors (Lipinski definition) is 2. The van der Waals surface area contributed by atoms with Crippen LogP contribution in [0.5, 0.6) is 0 Å². The van der Waals surface area contributed by atoms with Crippen molar-refractivity contribution in [1.82, 2.24) is 9.78 Å². The highest BCUT2D eigenvalue weighted by molar-refractivity contribution is 6.04. The lowest BCUT2D eigenvalue weighted by atomic mass is 10.2. The molecular weight excluding hydrogens is 328 g/mol. The molecule has 1 fully saturated rings. The summed E-state index contributed by atoms with van der Waals surface area (Å²) in [5, 5.41) is 9.89. The number of nitrogens with one attached hydrogen (secondary N) is 2. The van der Waals surface area contributed by atoms with Gasteiger partial charge in [0.2, 0.25) is 5.91 Å². The first-order valence-corrected chi connectivity index (χ1v) is 8.51. The minimum Gasteiger partial charge on any atom is -0.326 e. The molecule has 1 aliphatic rings. The van der Waals surface area contributed by atoms with E-state index >= 15 is 0 Å². The average molecular weight is 346 g/mol. The normalized spacial score (nSPS) is 13.2. The molecule has 1 saturated carbocycles. The van der Waals surface area contributed by atoms with Gasteiger partial charge in [0.05, 0.1) is 5.69 Å². The molecule has 130 valence electrons. The van der Waals surface area contributed by atoms with Crippen LogP contribution in [-0.4, -0.2) is 21.6 Å². The van der Waals surface area contributed by atoms with Gasteiger partial charge < -0.3 is 10.6 Å². The molecule has 6 heteroatoms. The monoisotopic (exact) mass is 346 g/mol. The van der Waals surface area contributed by atoms with Crippen molar-refractivity contribution in [2.75, 3.05) is 10.6 Å². The Morgan fingerprint density at radius 3 is 2.15 bits per heavy atom. The first-order valence-electron chi connectivity index (χ1n) is 8.51. The van der Waals surface area contributed by atoms with Gasteiger partial charge in [-0.15, -0.1) is 0 Å². The highest BCUT2D eigenvalue weighted by atomic mass is 16.2. The zero-order valence-corrected chi connectivity index (χ0v) is 14.1. The lowest BCUT2D eigenvalue weighted by Crippen LogP contribution is -2.14. The number of hydrogen-bond acceptors (Lipinski definition) is 3. The van der Waals surface area contributed by atoms with Gasteiger partial charge in [0.15, 0.2) is 0 Å². The first-order chi connectivity index (χ1) is 12.7. The molecule has 1 heterocycles. The van der Waals surface area contributed by atoms with Crippen LogP contribution in [0.25, 0.3) is 5.69 Å². The fraction of sp³-hybridized carbons (Fsp3) is 0.150. The lowest BCUT2D eigenvalue weighted by Gasteiger charge is -2.08. The van der Waals surface area contributed by atoms with Crippen molar-refractivity contribution in [3.63, 3.8) is 0 Å². The maximum atomic E-state index is 12.4. The van der Waals surface area contributed by atoms with Crippen molar-refractivity contribution in [2.45, 2.75) is 12.8 Å². The van der Waals surface area contributed by atoms with Crippen molar-refractivity contribution in [2.24, 2.45) is 5.92 Å². The number of rotatable bonds is 5. The Balaban J connectivity index is 1.38. The summed E-state index contributed by atoms with van der Waals surface area (Å²) in [7, 11) is 0. The number of amides is 2. The maximum absolute atomic E-state index is 12.4. The molecule has 2 aromatic carbocycles. The van der Waals surface area contributed by atoms with E-state index in [4.69, 9.17) is 0 Å². The second-order valence-electron chi connectivity index (χ2n) is 6.29. The highest BCUT2D eigenvalue weighted by Gasteiger charge is 2.29. The van der Waals surface area contributed by atoms with Crippen LogP contribution in [0.1, 0.15) is 23.2 Å². The molecule has 3 aromatic rings. The molecule has 0 aliphatic heterocycles. The Labute approximate surface area is 150 Å². The van der Waals surface area contributed by atoms with Gasteiger partial charge in [0.1, 0.15) is 0 Å². The van der Waals surface area contributed by atoms with E-state index in [0.717, 1.165) is 24.2 Å². The number of nitrogens with zero attached hydrogens (tertiary/aromatic N) is 2. The largest absolute Gasteiger partial charge is 0.326 e. The predicted octanol–water partition coefficient (Wildman–Crippen LogP) is 3.47. The van der Waals surface area contributed by atoms with Gasteiger partial charge in [-0.25, -0.2) is 4.68 Å².